The van der Waals surface area contributed by atoms with Crippen molar-refractivity contribution in [3.8, 4) is 11.6 Å². The molecule has 90 valence electrons. The second-order valence-electron chi connectivity index (χ2n) is 4.49. The lowest BCUT2D eigenvalue weighted by Gasteiger charge is -1.99. The fraction of sp³-hybridized carbons (Fsp3) is 0.417. The van der Waals surface area contributed by atoms with Crippen molar-refractivity contribution in [1.29, 1.82) is 0 Å². The van der Waals surface area contributed by atoms with Crippen molar-refractivity contribution in [2.24, 2.45) is 0 Å². The molecule has 0 aliphatic carbocycles. The summed E-state index contributed by atoms with van der Waals surface area (Å²) in [7, 11) is 0. The summed E-state index contributed by atoms with van der Waals surface area (Å²) in [5.41, 5.74) is 2.48. The normalized spacial score (nSPS) is 11.1. The third-order valence-electron chi connectivity index (χ3n) is 2.67. The second kappa shape index (κ2) is 4.16. The number of aryl methyl sites for hydroxylation is 2. The predicted octanol–water partition coefficient (Wildman–Crippen LogP) is 1.90. The quantitative estimate of drug-likeness (QED) is 0.830. The van der Waals surface area contributed by atoms with Crippen LogP contribution in [0.25, 0.3) is 11.6 Å². The first-order valence-electron chi connectivity index (χ1n) is 5.62. The zero-order valence-electron chi connectivity index (χ0n) is 10.5. The molecule has 0 aliphatic rings. The van der Waals surface area contributed by atoms with Crippen LogP contribution in [0.3, 0.4) is 0 Å². The molecule has 2 N–H and O–H groups in total. The van der Waals surface area contributed by atoms with E-state index in [0.717, 1.165) is 11.4 Å². The van der Waals surface area contributed by atoms with E-state index in [-0.39, 0.29) is 5.56 Å². The lowest BCUT2D eigenvalue weighted by molar-refractivity contribution is 0.822. The van der Waals surface area contributed by atoms with Crippen molar-refractivity contribution in [2.75, 3.05) is 0 Å². The highest BCUT2D eigenvalue weighted by Gasteiger charge is 2.12. The van der Waals surface area contributed by atoms with Crippen LogP contribution in [0.2, 0.25) is 0 Å². The molecule has 2 heterocycles. The van der Waals surface area contributed by atoms with E-state index in [1.54, 1.807) is 13.1 Å². The third-order valence-corrected chi connectivity index (χ3v) is 2.67. The van der Waals surface area contributed by atoms with E-state index in [1.807, 2.05) is 6.92 Å². The molecule has 17 heavy (non-hydrogen) atoms. The summed E-state index contributed by atoms with van der Waals surface area (Å²) in [6.45, 7) is 7.86. The summed E-state index contributed by atoms with van der Waals surface area (Å²) < 4.78 is 0. The van der Waals surface area contributed by atoms with E-state index >= 15 is 0 Å². The SMILES string of the molecule is Cc1[nH]c(-c2ncc(C)c(=O)[nH]2)nc1C(C)C. The number of imidazole rings is 1. The molecular weight excluding hydrogens is 216 g/mol. The summed E-state index contributed by atoms with van der Waals surface area (Å²) in [6.07, 6.45) is 1.56. The van der Waals surface area contributed by atoms with Gasteiger partial charge < -0.3 is 9.97 Å². The summed E-state index contributed by atoms with van der Waals surface area (Å²) in [5.74, 6) is 1.44. The van der Waals surface area contributed by atoms with Gasteiger partial charge in [-0.25, -0.2) is 9.97 Å². The fourth-order valence-electron chi connectivity index (χ4n) is 1.73. The largest absolute Gasteiger partial charge is 0.339 e. The maximum atomic E-state index is 11.5. The van der Waals surface area contributed by atoms with Crippen molar-refractivity contribution in [3.63, 3.8) is 0 Å². The number of aromatic nitrogens is 4. The standard InChI is InChI=1S/C12H16N4O/c1-6(2)9-8(4)14-11(15-9)10-13-5-7(3)12(17)16-10/h5-6H,1-4H3,(H,14,15)(H,13,16,17). The monoisotopic (exact) mass is 232 g/mol. The molecule has 0 fully saturated rings. The van der Waals surface area contributed by atoms with Crippen LogP contribution >= 0.6 is 0 Å². The van der Waals surface area contributed by atoms with Crippen molar-refractivity contribution in [2.45, 2.75) is 33.6 Å². The number of aromatic amines is 2. The van der Waals surface area contributed by atoms with Crippen molar-refractivity contribution < 1.29 is 0 Å². The zero-order valence-corrected chi connectivity index (χ0v) is 10.5. The zero-order chi connectivity index (χ0) is 12.6. The van der Waals surface area contributed by atoms with Crippen LogP contribution in [0.4, 0.5) is 0 Å². The summed E-state index contributed by atoms with van der Waals surface area (Å²) in [4.78, 5) is 26.0. The second-order valence-corrected chi connectivity index (χ2v) is 4.49. The highest BCUT2D eigenvalue weighted by molar-refractivity contribution is 5.45. The van der Waals surface area contributed by atoms with E-state index in [4.69, 9.17) is 0 Å². The smallest absolute Gasteiger partial charge is 0.254 e. The molecule has 0 aromatic carbocycles. The Morgan fingerprint density at radius 1 is 1.18 bits per heavy atom. The lowest BCUT2D eigenvalue weighted by Crippen LogP contribution is -2.11. The molecule has 2 aromatic rings. The van der Waals surface area contributed by atoms with Crippen molar-refractivity contribution >= 4 is 0 Å². The van der Waals surface area contributed by atoms with E-state index in [2.05, 4.69) is 33.8 Å². The van der Waals surface area contributed by atoms with Crippen LogP contribution in [0, 0.1) is 13.8 Å². The van der Waals surface area contributed by atoms with Gasteiger partial charge in [-0.3, -0.25) is 4.79 Å². The van der Waals surface area contributed by atoms with Gasteiger partial charge in [-0.05, 0) is 19.8 Å². The van der Waals surface area contributed by atoms with Gasteiger partial charge in [0.25, 0.3) is 5.56 Å². The minimum absolute atomic E-state index is 0.129. The maximum Gasteiger partial charge on any atom is 0.254 e. The number of rotatable bonds is 2. The molecular formula is C12H16N4O. The van der Waals surface area contributed by atoms with E-state index in [0.29, 0.717) is 23.1 Å². The average Bonchev–Trinajstić information content (AvgIpc) is 2.64. The molecule has 5 nitrogen and oxygen atoms in total. The van der Waals surface area contributed by atoms with Crippen LogP contribution in [0.1, 0.15) is 36.7 Å². The Kier molecular flexibility index (Phi) is 2.83. The summed E-state index contributed by atoms with van der Waals surface area (Å²) in [6, 6.07) is 0. The minimum Gasteiger partial charge on any atom is -0.339 e. The van der Waals surface area contributed by atoms with Gasteiger partial charge in [0.1, 0.15) is 0 Å². The number of H-pyrrole nitrogens is 2. The van der Waals surface area contributed by atoms with Gasteiger partial charge in [0.15, 0.2) is 11.6 Å². The molecule has 0 saturated heterocycles. The van der Waals surface area contributed by atoms with Gasteiger partial charge in [0, 0.05) is 17.5 Å². The first kappa shape index (κ1) is 11.6. The lowest BCUT2D eigenvalue weighted by atomic mass is 10.1. The molecule has 2 aromatic heterocycles. The molecule has 0 saturated carbocycles. The van der Waals surface area contributed by atoms with Crippen LogP contribution in [0.5, 0.6) is 0 Å². The van der Waals surface area contributed by atoms with Crippen molar-refractivity contribution in [1.82, 2.24) is 19.9 Å². The molecule has 5 heteroatoms. The van der Waals surface area contributed by atoms with E-state index in [1.165, 1.54) is 0 Å². The number of nitrogens with one attached hydrogen (secondary N) is 2. The number of hydrogen-bond donors (Lipinski definition) is 2. The van der Waals surface area contributed by atoms with Gasteiger partial charge in [0.05, 0.1) is 5.69 Å². The first-order chi connectivity index (χ1) is 7.99. The number of nitrogens with zero attached hydrogens (tertiary/aromatic N) is 2. The Hall–Kier alpha value is -1.91. The molecule has 0 unspecified atom stereocenters. The number of hydrogen-bond acceptors (Lipinski definition) is 3. The Morgan fingerprint density at radius 2 is 1.88 bits per heavy atom. The van der Waals surface area contributed by atoms with Crippen LogP contribution in [-0.4, -0.2) is 19.9 Å². The van der Waals surface area contributed by atoms with Gasteiger partial charge in [-0.2, -0.15) is 0 Å². The molecule has 2 rings (SSSR count). The topological polar surface area (TPSA) is 74.4 Å². The molecule has 0 bridgehead atoms. The Bertz CT molecular complexity index is 595. The van der Waals surface area contributed by atoms with Gasteiger partial charge in [-0.15, -0.1) is 0 Å². The van der Waals surface area contributed by atoms with Gasteiger partial charge in [0.2, 0.25) is 0 Å². The Labute approximate surface area is 99.3 Å². The predicted molar refractivity (Wildman–Crippen MR) is 66.0 cm³/mol. The van der Waals surface area contributed by atoms with E-state index < -0.39 is 0 Å². The van der Waals surface area contributed by atoms with Crippen LogP contribution < -0.4 is 5.56 Å². The minimum atomic E-state index is -0.129. The first-order valence-corrected chi connectivity index (χ1v) is 5.62. The van der Waals surface area contributed by atoms with Gasteiger partial charge >= 0.3 is 0 Å². The Balaban J connectivity index is 2.50. The summed E-state index contributed by atoms with van der Waals surface area (Å²) in [5, 5.41) is 0. The summed E-state index contributed by atoms with van der Waals surface area (Å²) >= 11 is 0. The molecule has 0 amide bonds. The fourth-order valence-corrected chi connectivity index (χ4v) is 1.73. The maximum absolute atomic E-state index is 11.5. The third kappa shape index (κ3) is 2.13. The molecule has 0 aliphatic heterocycles. The molecule has 0 atom stereocenters. The average molecular weight is 232 g/mol. The van der Waals surface area contributed by atoms with Crippen molar-refractivity contribution in [3.05, 3.63) is 33.5 Å². The molecule has 0 spiro atoms. The Morgan fingerprint density at radius 3 is 2.41 bits per heavy atom. The van der Waals surface area contributed by atoms with Crippen LogP contribution in [0.15, 0.2) is 11.0 Å². The van der Waals surface area contributed by atoms with Gasteiger partial charge in [-0.1, -0.05) is 13.8 Å². The van der Waals surface area contributed by atoms with E-state index in [9.17, 15) is 4.79 Å². The van der Waals surface area contributed by atoms with Crippen LogP contribution in [-0.2, 0) is 0 Å². The highest BCUT2D eigenvalue weighted by Crippen LogP contribution is 2.19. The highest BCUT2D eigenvalue weighted by atomic mass is 16.1. The molecule has 0 radical (unpaired) electrons.